The van der Waals surface area contributed by atoms with E-state index >= 15 is 0 Å². The number of hydrogen-bond acceptors (Lipinski definition) is 3. The highest BCUT2D eigenvalue weighted by Gasteiger charge is 2.16. The zero-order valence-corrected chi connectivity index (χ0v) is 11.9. The minimum atomic E-state index is -0.0241. The van der Waals surface area contributed by atoms with Crippen LogP contribution in [0.15, 0.2) is 30.7 Å². The monoisotopic (exact) mass is 259 g/mol. The van der Waals surface area contributed by atoms with E-state index in [-0.39, 0.29) is 6.04 Å². The van der Waals surface area contributed by atoms with Gasteiger partial charge in [-0.3, -0.25) is 0 Å². The standard InChI is InChI=1S/C15H21N3O/c1-10(2)15(16)14-8-17-9-18(14)13-6-5-12(19-4)7-11(13)3/h5-10,15H,16H2,1-4H3. The van der Waals surface area contributed by atoms with E-state index in [1.165, 1.54) is 0 Å². The Kier molecular flexibility index (Phi) is 3.90. The van der Waals surface area contributed by atoms with Gasteiger partial charge in [0.15, 0.2) is 0 Å². The third-order valence-corrected chi connectivity index (χ3v) is 3.39. The lowest BCUT2D eigenvalue weighted by Crippen LogP contribution is -2.20. The first-order valence-electron chi connectivity index (χ1n) is 6.47. The molecule has 0 bridgehead atoms. The largest absolute Gasteiger partial charge is 0.497 e. The molecular formula is C15H21N3O. The molecule has 1 atom stereocenters. The molecule has 1 aromatic carbocycles. The summed E-state index contributed by atoms with van der Waals surface area (Å²) in [4.78, 5) is 4.24. The fourth-order valence-electron chi connectivity index (χ4n) is 2.12. The summed E-state index contributed by atoms with van der Waals surface area (Å²) in [6.45, 7) is 6.29. The molecule has 0 aliphatic rings. The minimum absolute atomic E-state index is 0.0241. The number of aryl methyl sites for hydroxylation is 1. The number of hydrogen-bond donors (Lipinski definition) is 1. The molecule has 0 fully saturated rings. The van der Waals surface area contributed by atoms with E-state index in [0.29, 0.717) is 5.92 Å². The van der Waals surface area contributed by atoms with Gasteiger partial charge < -0.3 is 15.0 Å². The zero-order valence-electron chi connectivity index (χ0n) is 11.9. The van der Waals surface area contributed by atoms with Crippen LogP contribution in [0.4, 0.5) is 0 Å². The first kappa shape index (κ1) is 13.6. The summed E-state index contributed by atoms with van der Waals surface area (Å²) in [5, 5.41) is 0. The second-order valence-electron chi connectivity index (χ2n) is 5.11. The van der Waals surface area contributed by atoms with Crippen LogP contribution in [0.1, 0.15) is 31.1 Å². The third-order valence-electron chi connectivity index (χ3n) is 3.39. The fraction of sp³-hybridized carbons (Fsp3) is 0.400. The number of nitrogens with zero attached hydrogens (tertiary/aromatic N) is 2. The van der Waals surface area contributed by atoms with Crippen LogP contribution < -0.4 is 10.5 Å². The second-order valence-corrected chi connectivity index (χ2v) is 5.11. The lowest BCUT2D eigenvalue weighted by molar-refractivity contribution is 0.414. The van der Waals surface area contributed by atoms with Gasteiger partial charge in [0.1, 0.15) is 5.75 Å². The molecule has 0 amide bonds. The van der Waals surface area contributed by atoms with Gasteiger partial charge >= 0.3 is 0 Å². The fourth-order valence-corrected chi connectivity index (χ4v) is 2.12. The van der Waals surface area contributed by atoms with Gasteiger partial charge in [0.2, 0.25) is 0 Å². The Morgan fingerprint density at radius 1 is 1.32 bits per heavy atom. The van der Waals surface area contributed by atoms with Crippen molar-refractivity contribution in [2.24, 2.45) is 11.7 Å². The number of ether oxygens (including phenoxy) is 1. The molecule has 0 saturated carbocycles. The zero-order chi connectivity index (χ0) is 14.0. The number of benzene rings is 1. The van der Waals surface area contributed by atoms with Gasteiger partial charge in [-0.2, -0.15) is 0 Å². The van der Waals surface area contributed by atoms with E-state index in [9.17, 15) is 0 Å². The highest BCUT2D eigenvalue weighted by molar-refractivity contribution is 5.46. The number of rotatable bonds is 4. The lowest BCUT2D eigenvalue weighted by Gasteiger charge is -2.19. The van der Waals surface area contributed by atoms with E-state index in [1.54, 1.807) is 7.11 Å². The molecule has 2 N–H and O–H groups in total. The van der Waals surface area contributed by atoms with Gasteiger partial charge in [-0.05, 0) is 36.6 Å². The first-order chi connectivity index (χ1) is 9.04. The van der Waals surface area contributed by atoms with Gasteiger partial charge in [-0.15, -0.1) is 0 Å². The van der Waals surface area contributed by atoms with Crippen molar-refractivity contribution < 1.29 is 4.74 Å². The molecular weight excluding hydrogens is 238 g/mol. The summed E-state index contributed by atoms with van der Waals surface area (Å²) in [6, 6.07) is 5.98. The van der Waals surface area contributed by atoms with Crippen LogP contribution in [0.3, 0.4) is 0 Å². The SMILES string of the molecule is COc1ccc(-n2cncc2C(N)C(C)C)c(C)c1. The van der Waals surface area contributed by atoms with Gasteiger partial charge in [-0.1, -0.05) is 13.8 Å². The molecule has 2 rings (SSSR count). The summed E-state index contributed by atoms with van der Waals surface area (Å²) < 4.78 is 7.29. The Morgan fingerprint density at radius 3 is 2.63 bits per heavy atom. The maximum atomic E-state index is 6.24. The highest BCUT2D eigenvalue weighted by atomic mass is 16.5. The van der Waals surface area contributed by atoms with Gasteiger partial charge in [-0.25, -0.2) is 4.98 Å². The van der Waals surface area contributed by atoms with Crippen LogP contribution in [0.5, 0.6) is 5.75 Å². The lowest BCUT2D eigenvalue weighted by atomic mass is 10.0. The Morgan fingerprint density at radius 2 is 2.05 bits per heavy atom. The molecule has 19 heavy (non-hydrogen) atoms. The molecule has 4 nitrogen and oxygen atoms in total. The minimum Gasteiger partial charge on any atom is -0.497 e. The van der Waals surface area contributed by atoms with E-state index < -0.39 is 0 Å². The third kappa shape index (κ3) is 2.63. The average molecular weight is 259 g/mol. The van der Waals surface area contributed by atoms with Crippen molar-refractivity contribution in [3.63, 3.8) is 0 Å². The van der Waals surface area contributed by atoms with Crippen LogP contribution in [-0.2, 0) is 0 Å². The molecule has 0 spiro atoms. The summed E-state index contributed by atoms with van der Waals surface area (Å²) in [6.07, 6.45) is 3.65. The number of imidazole rings is 1. The smallest absolute Gasteiger partial charge is 0.119 e. The molecule has 1 aromatic heterocycles. The topological polar surface area (TPSA) is 53.1 Å². The van der Waals surface area contributed by atoms with Gasteiger partial charge in [0, 0.05) is 6.04 Å². The van der Waals surface area contributed by atoms with Crippen molar-refractivity contribution in [3.05, 3.63) is 42.0 Å². The van der Waals surface area contributed by atoms with Crippen LogP contribution in [0.25, 0.3) is 5.69 Å². The molecule has 1 heterocycles. The number of methoxy groups -OCH3 is 1. The van der Waals surface area contributed by atoms with E-state index in [4.69, 9.17) is 10.5 Å². The van der Waals surface area contributed by atoms with Crippen molar-refractivity contribution >= 4 is 0 Å². The average Bonchev–Trinajstić information content (AvgIpc) is 2.86. The molecule has 1 unspecified atom stereocenters. The number of nitrogens with two attached hydrogens (primary N) is 1. The molecule has 0 radical (unpaired) electrons. The molecule has 0 aliphatic carbocycles. The summed E-state index contributed by atoms with van der Waals surface area (Å²) >= 11 is 0. The van der Waals surface area contributed by atoms with Crippen LogP contribution in [0.2, 0.25) is 0 Å². The maximum absolute atomic E-state index is 6.24. The molecule has 102 valence electrons. The summed E-state index contributed by atoms with van der Waals surface area (Å²) in [7, 11) is 1.67. The van der Waals surface area contributed by atoms with Crippen LogP contribution in [0, 0.1) is 12.8 Å². The Labute approximate surface area is 114 Å². The highest BCUT2D eigenvalue weighted by Crippen LogP contribution is 2.25. The molecule has 0 aliphatic heterocycles. The van der Waals surface area contributed by atoms with E-state index in [2.05, 4.69) is 30.3 Å². The predicted octanol–water partition coefficient (Wildman–Crippen LogP) is 2.85. The van der Waals surface area contributed by atoms with Gasteiger partial charge in [0.25, 0.3) is 0 Å². The van der Waals surface area contributed by atoms with Crippen LogP contribution in [-0.4, -0.2) is 16.7 Å². The number of aromatic nitrogens is 2. The second kappa shape index (κ2) is 5.45. The van der Waals surface area contributed by atoms with Crippen molar-refractivity contribution in [2.75, 3.05) is 7.11 Å². The summed E-state index contributed by atoms with van der Waals surface area (Å²) in [5.41, 5.74) is 9.49. The first-order valence-corrected chi connectivity index (χ1v) is 6.47. The van der Waals surface area contributed by atoms with Crippen molar-refractivity contribution in [3.8, 4) is 11.4 Å². The van der Waals surface area contributed by atoms with Gasteiger partial charge in [0.05, 0.1) is 31.0 Å². The summed E-state index contributed by atoms with van der Waals surface area (Å²) in [5.74, 6) is 1.23. The van der Waals surface area contributed by atoms with Crippen LogP contribution >= 0.6 is 0 Å². The Balaban J connectivity index is 2.45. The van der Waals surface area contributed by atoms with E-state index in [1.807, 2.05) is 30.7 Å². The molecule has 2 aromatic rings. The van der Waals surface area contributed by atoms with Crippen molar-refractivity contribution in [1.82, 2.24) is 9.55 Å². The molecule has 0 saturated heterocycles. The predicted molar refractivity (Wildman–Crippen MR) is 76.6 cm³/mol. The Bertz CT molecular complexity index is 560. The quantitative estimate of drug-likeness (QED) is 0.918. The maximum Gasteiger partial charge on any atom is 0.119 e. The molecule has 4 heteroatoms. The van der Waals surface area contributed by atoms with E-state index in [0.717, 1.165) is 22.7 Å². The normalized spacial score (nSPS) is 12.7. The van der Waals surface area contributed by atoms with Crippen molar-refractivity contribution in [2.45, 2.75) is 26.8 Å². The van der Waals surface area contributed by atoms with Crippen molar-refractivity contribution in [1.29, 1.82) is 0 Å². The Hall–Kier alpha value is -1.81.